The van der Waals surface area contributed by atoms with Gasteiger partial charge >= 0.3 is 5.97 Å². The second-order valence-corrected chi connectivity index (χ2v) is 11.4. The van der Waals surface area contributed by atoms with E-state index in [4.69, 9.17) is 32.5 Å². The van der Waals surface area contributed by atoms with Crippen molar-refractivity contribution in [1.29, 1.82) is 0 Å². The van der Waals surface area contributed by atoms with E-state index in [0.717, 1.165) is 69.0 Å². The van der Waals surface area contributed by atoms with Crippen molar-refractivity contribution < 1.29 is 23.6 Å². The van der Waals surface area contributed by atoms with Crippen LogP contribution in [0.3, 0.4) is 0 Å². The van der Waals surface area contributed by atoms with E-state index in [1.54, 1.807) is 24.3 Å². The molecule has 2 aliphatic carbocycles. The second kappa shape index (κ2) is 9.61. The van der Waals surface area contributed by atoms with Crippen molar-refractivity contribution in [3.05, 3.63) is 69.1 Å². The van der Waals surface area contributed by atoms with Crippen LogP contribution in [0.4, 0.5) is 10.1 Å². The SMILES string of the molecule is O=C(O)c1cc(F)cc(N2CCCC3(CC(OCc4c(-c5c(Cl)cccc5Cl)noc4C4CC4)C3)C2)c1. The van der Waals surface area contributed by atoms with Crippen LogP contribution in [0, 0.1) is 11.2 Å². The molecule has 37 heavy (non-hydrogen) atoms. The largest absolute Gasteiger partial charge is 0.478 e. The summed E-state index contributed by atoms with van der Waals surface area (Å²) in [6, 6.07) is 9.43. The highest BCUT2D eigenvalue weighted by atomic mass is 35.5. The molecule has 6 nitrogen and oxygen atoms in total. The maximum Gasteiger partial charge on any atom is 0.335 e. The van der Waals surface area contributed by atoms with Gasteiger partial charge in [-0.25, -0.2) is 9.18 Å². The van der Waals surface area contributed by atoms with E-state index in [-0.39, 0.29) is 17.1 Å². The fourth-order valence-corrected chi connectivity index (χ4v) is 6.49. The topological polar surface area (TPSA) is 75.8 Å². The molecule has 194 valence electrons. The molecule has 1 aromatic heterocycles. The van der Waals surface area contributed by atoms with Crippen molar-refractivity contribution in [2.45, 2.75) is 57.2 Å². The summed E-state index contributed by atoms with van der Waals surface area (Å²) in [6.07, 6.45) is 6.09. The Hall–Kier alpha value is -2.61. The first-order chi connectivity index (χ1) is 17.8. The van der Waals surface area contributed by atoms with Crippen molar-refractivity contribution in [2.75, 3.05) is 18.0 Å². The number of carboxylic acid groups (broad SMARTS) is 1. The lowest BCUT2D eigenvalue weighted by atomic mass is 9.62. The first kappa shape index (κ1) is 24.7. The van der Waals surface area contributed by atoms with Crippen LogP contribution in [0.15, 0.2) is 40.9 Å². The standard InChI is InChI=1S/C28H27Cl2FN2O4/c29-22-3-1-4-23(30)24(22)25-21(26(37-32-25)16-5-6-16)14-36-20-12-28(13-20)7-2-8-33(15-28)19-10-17(27(34)35)9-18(31)11-19/h1,3-4,9-11,16,20H,2,5-8,12-15H2,(H,34,35). The van der Waals surface area contributed by atoms with Crippen LogP contribution in [0.2, 0.25) is 10.0 Å². The molecule has 6 rings (SSSR count). The fourth-order valence-electron chi connectivity index (χ4n) is 5.92. The molecule has 1 saturated heterocycles. The molecule has 2 saturated carbocycles. The number of piperidine rings is 1. The van der Waals surface area contributed by atoms with Crippen molar-refractivity contribution in [3.63, 3.8) is 0 Å². The molecule has 0 bridgehead atoms. The average molecular weight is 545 g/mol. The van der Waals surface area contributed by atoms with Crippen molar-refractivity contribution in [2.24, 2.45) is 5.41 Å². The molecule has 2 aromatic carbocycles. The zero-order valence-corrected chi connectivity index (χ0v) is 21.7. The van der Waals surface area contributed by atoms with Crippen molar-refractivity contribution in [1.82, 2.24) is 5.16 Å². The minimum absolute atomic E-state index is 0.0286. The predicted molar refractivity (Wildman–Crippen MR) is 139 cm³/mol. The van der Waals surface area contributed by atoms with E-state index in [0.29, 0.717) is 39.5 Å². The number of ether oxygens (including phenoxy) is 1. The van der Waals surface area contributed by atoms with Gasteiger partial charge in [-0.15, -0.1) is 0 Å². The molecule has 0 radical (unpaired) electrons. The number of rotatable bonds is 7. The van der Waals surface area contributed by atoms with E-state index >= 15 is 0 Å². The molecule has 2 heterocycles. The molecule has 1 N–H and O–H groups in total. The summed E-state index contributed by atoms with van der Waals surface area (Å²) in [5.74, 6) is -0.424. The lowest BCUT2D eigenvalue weighted by Gasteiger charge is -2.53. The molecule has 1 spiro atoms. The lowest BCUT2D eigenvalue weighted by molar-refractivity contribution is -0.0931. The lowest BCUT2D eigenvalue weighted by Crippen LogP contribution is -2.53. The normalized spacial score (nSPS) is 23.3. The van der Waals surface area contributed by atoms with E-state index in [9.17, 15) is 14.3 Å². The third-order valence-electron chi connectivity index (χ3n) is 7.91. The highest BCUT2D eigenvalue weighted by Crippen LogP contribution is 2.51. The van der Waals surface area contributed by atoms with Gasteiger partial charge in [0.2, 0.25) is 0 Å². The second-order valence-electron chi connectivity index (χ2n) is 10.6. The first-order valence-electron chi connectivity index (χ1n) is 12.7. The van der Waals surface area contributed by atoms with Gasteiger partial charge in [-0.3, -0.25) is 0 Å². The Morgan fingerprint density at radius 3 is 2.68 bits per heavy atom. The molecule has 3 fully saturated rings. The monoisotopic (exact) mass is 544 g/mol. The number of aromatic carboxylic acids is 1. The van der Waals surface area contributed by atoms with Crippen LogP contribution < -0.4 is 4.90 Å². The number of anilines is 1. The molecule has 0 amide bonds. The summed E-state index contributed by atoms with van der Waals surface area (Å²) in [5.41, 5.74) is 2.92. The summed E-state index contributed by atoms with van der Waals surface area (Å²) in [6.45, 7) is 1.92. The summed E-state index contributed by atoms with van der Waals surface area (Å²) in [4.78, 5) is 13.5. The third-order valence-corrected chi connectivity index (χ3v) is 8.54. The third kappa shape index (κ3) is 4.85. The number of hydrogen-bond acceptors (Lipinski definition) is 5. The van der Waals surface area contributed by atoms with Crippen LogP contribution in [0.5, 0.6) is 0 Å². The Morgan fingerprint density at radius 2 is 1.97 bits per heavy atom. The number of nitrogens with zero attached hydrogens (tertiary/aromatic N) is 2. The van der Waals surface area contributed by atoms with Crippen LogP contribution in [0.25, 0.3) is 11.3 Å². The van der Waals surface area contributed by atoms with Gasteiger partial charge in [-0.2, -0.15) is 0 Å². The zero-order valence-electron chi connectivity index (χ0n) is 20.2. The highest BCUT2D eigenvalue weighted by Gasteiger charge is 2.47. The highest BCUT2D eigenvalue weighted by molar-refractivity contribution is 6.39. The van der Waals surface area contributed by atoms with Crippen LogP contribution in [-0.2, 0) is 11.3 Å². The Kier molecular flexibility index (Phi) is 6.42. The van der Waals surface area contributed by atoms with Gasteiger partial charge in [-0.1, -0.05) is 34.4 Å². The molecular weight excluding hydrogens is 518 g/mol. The molecular formula is C28H27Cl2FN2O4. The Balaban J connectivity index is 1.15. The number of aromatic nitrogens is 1. The van der Waals surface area contributed by atoms with Gasteiger partial charge in [0.1, 0.15) is 17.3 Å². The van der Waals surface area contributed by atoms with E-state index in [1.807, 2.05) is 0 Å². The van der Waals surface area contributed by atoms with E-state index in [2.05, 4.69) is 10.1 Å². The molecule has 0 atom stereocenters. The quantitative estimate of drug-likeness (QED) is 0.335. The number of benzene rings is 2. The molecule has 9 heteroatoms. The molecule has 1 aliphatic heterocycles. The zero-order chi connectivity index (χ0) is 25.7. The number of hydrogen-bond donors (Lipinski definition) is 1. The fraction of sp³-hybridized carbons (Fsp3) is 0.429. The van der Waals surface area contributed by atoms with Gasteiger partial charge < -0.3 is 19.3 Å². The van der Waals surface area contributed by atoms with Crippen LogP contribution in [-0.4, -0.2) is 35.4 Å². The smallest absolute Gasteiger partial charge is 0.335 e. The summed E-state index contributed by atoms with van der Waals surface area (Å²) >= 11 is 12.9. The van der Waals surface area contributed by atoms with Crippen LogP contribution in [0.1, 0.15) is 66.1 Å². The van der Waals surface area contributed by atoms with Gasteiger partial charge in [0.15, 0.2) is 0 Å². The maximum atomic E-state index is 14.1. The summed E-state index contributed by atoms with van der Waals surface area (Å²) in [7, 11) is 0. The Bertz CT molecular complexity index is 1330. The van der Waals surface area contributed by atoms with Gasteiger partial charge in [-0.05, 0) is 74.3 Å². The van der Waals surface area contributed by atoms with Crippen LogP contribution >= 0.6 is 23.2 Å². The average Bonchev–Trinajstić information content (AvgIpc) is 3.61. The van der Waals surface area contributed by atoms with Crippen molar-refractivity contribution in [3.8, 4) is 11.3 Å². The summed E-state index contributed by atoms with van der Waals surface area (Å²) in [5, 5.41) is 14.7. The van der Waals surface area contributed by atoms with Crippen molar-refractivity contribution >= 4 is 34.9 Å². The number of halogens is 3. The Labute approximate surface area is 224 Å². The molecule has 0 unspecified atom stereocenters. The number of carbonyl (C=O) groups is 1. The van der Waals surface area contributed by atoms with E-state index in [1.165, 1.54) is 6.07 Å². The minimum Gasteiger partial charge on any atom is -0.478 e. The summed E-state index contributed by atoms with van der Waals surface area (Å²) < 4.78 is 26.2. The molecule has 3 aliphatic rings. The Morgan fingerprint density at radius 1 is 1.22 bits per heavy atom. The van der Waals surface area contributed by atoms with Gasteiger partial charge in [0.05, 0.1) is 28.3 Å². The van der Waals surface area contributed by atoms with Gasteiger partial charge in [0.25, 0.3) is 0 Å². The number of carboxylic acids is 1. The molecule has 3 aromatic rings. The first-order valence-corrected chi connectivity index (χ1v) is 13.4. The van der Waals surface area contributed by atoms with E-state index < -0.39 is 11.8 Å². The predicted octanol–water partition coefficient (Wildman–Crippen LogP) is 7.33. The maximum absolute atomic E-state index is 14.1. The minimum atomic E-state index is -1.12. The van der Waals surface area contributed by atoms with Gasteiger partial charge in [0, 0.05) is 35.8 Å².